The third-order valence-corrected chi connectivity index (χ3v) is 6.05. The topological polar surface area (TPSA) is 70.8 Å². The van der Waals surface area contributed by atoms with E-state index in [1.54, 1.807) is 36.1 Å². The molecule has 0 bridgehead atoms. The van der Waals surface area contributed by atoms with Crippen LogP contribution in [0.5, 0.6) is 0 Å². The van der Waals surface area contributed by atoms with Crippen LogP contribution in [0, 0.1) is 20.8 Å². The molecule has 0 unspecified atom stereocenters. The van der Waals surface area contributed by atoms with Gasteiger partial charge in [-0.2, -0.15) is 0 Å². The minimum absolute atomic E-state index is 0.137. The van der Waals surface area contributed by atoms with Crippen molar-refractivity contribution < 1.29 is 19.1 Å². The number of amides is 1. The number of anilines is 1. The summed E-state index contributed by atoms with van der Waals surface area (Å²) in [5, 5.41) is 11.5. The van der Waals surface area contributed by atoms with Crippen LogP contribution in [0.25, 0.3) is 0 Å². The van der Waals surface area contributed by atoms with Crippen LogP contribution < -0.4 is 4.90 Å². The van der Waals surface area contributed by atoms with E-state index in [2.05, 4.69) is 15.9 Å². The molecule has 1 N–H and O–H groups in total. The van der Waals surface area contributed by atoms with Crippen molar-refractivity contribution in [1.82, 2.24) is 0 Å². The van der Waals surface area contributed by atoms with Crippen LogP contribution in [0.4, 0.5) is 5.69 Å². The maximum Gasteiger partial charge on any atom is 0.264 e. The molecule has 154 valence electrons. The van der Waals surface area contributed by atoms with Gasteiger partial charge >= 0.3 is 0 Å². The van der Waals surface area contributed by atoms with Crippen LogP contribution in [0.3, 0.4) is 0 Å². The normalized spacial score (nSPS) is 18.0. The molecule has 2 aromatic carbocycles. The second kappa shape index (κ2) is 7.52. The minimum atomic E-state index is -1.95. The molecule has 6 heteroatoms. The summed E-state index contributed by atoms with van der Waals surface area (Å²) >= 11 is 3.41. The van der Waals surface area contributed by atoms with Crippen molar-refractivity contribution in [2.24, 2.45) is 0 Å². The zero-order valence-corrected chi connectivity index (χ0v) is 18.6. The van der Waals surface area contributed by atoms with E-state index < -0.39 is 17.3 Å². The van der Waals surface area contributed by atoms with Crippen molar-refractivity contribution in [2.75, 3.05) is 4.90 Å². The number of Topliss-reactive ketones (excluding diaryl/α,β-unsaturated/α-hetero) is 1. The number of carbonyl (C=O) groups excluding carboxylic acids is 2. The molecule has 0 aliphatic carbocycles. The van der Waals surface area contributed by atoms with Gasteiger partial charge in [0.25, 0.3) is 5.91 Å². The molecule has 2 heterocycles. The molecule has 5 nitrogen and oxygen atoms in total. The number of rotatable bonds is 5. The summed E-state index contributed by atoms with van der Waals surface area (Å²) in [6.45, 7) is 6.05. The number of nitrogens with zero attached hydrogens (tertiary/aromatic N) is 1. The quantitative estimate of drug-likeness (QED) is 0.537. The zero-order valence-electron chi connectivity index (χ0n) is 17.0. The lowest BCUT2D eigenvalue weighted by molar-refractivity contribution is -0.136. The standard InChI is InChI=1S/C24H22BrNO4/c1-14-4-5-15(2)17(10-14)13-26-20-8-7-18(25)11-19(20)24(29,23(26)28)12-21(27)22-9-6-16(3)30-22/h4-11,29H,12-13H2,1-3H3/t24-/m1/s1. The first-order valence-electron chi connectivity index (χ1n) is 9.69. The Hall–Kier alpha value is -2.70. The van der Waals surface area contributed by atoms with Gasteiger partial charge in [-0.3, -0.25) is 9.59 Å². The maximum atomic E-state index is 13.4. The van der Waals surface area contributed by atoms with Crippen molar-refractivity contribution in [2.45, 2.75) is 39.3 Å². The number of carbonyl (C=O) groups is 2. The largest absolute Gasteiger partial charge is 0.458 e. The van der Waals surface area contributed by atoms with Gasteiger partial charge in [-0.15, -0.1) is 0 Å². The Bertz CT molecular complexity index is 1170. The van der Waals surface area contributed by atoms with E-state index in [-0.39, 0.29) is 12.2 Å². The number of fused-ring (bicyclic) bond motifs is 1. The van der Waals surface area contributed by atoms with Crippen LogP contribution >= 0.6 is 15.9 Å². The van der Waals surface area contributed by atoms with Crippen molar-refractivity contribution in [1.29, 1.82) is 0 Å². The van der Waals surface area contributed by atoms with E-state index in [0.717, 1.165) is 21.2 Å². The van der Waals surface area contributed by atoms with Gasteiger partial charge in [0, 0.05) is 10.0 Å². The van der Waals surface area contributed by atoms with Gasteiger partial charge in [-0.25, -0.2) is 0 Å². The average molecular weight is 468 g/mol. The zero-order chi connectivity index (χ0) is 21.6. The number of furan rings is 1. The predicted octanol–water partition coefficient (Wildman–Crippen LogP) is 4.97. The SMILES string of the molecule is Cc1ccc(C)c(CN2C(=O)[C@@](O)(CC(=O)c3ccc(C)o3)c3cc(Br)ccc32)c1. The molecule has 30 heavy (non-hydrogen) atoms. The smallest absolute Gasteiger partial charge is 0.264 e. The number of aliphatic hydroxyl groups is 1. The van der Waals surface area contributed by atoms with Gasteiger partial charge in [-0.1, -0.05) is 39.7 Å². The lowest BCUT2D eigenvalue weighted by Crippen LogP contribution is -2.41. The lowest BCUT2D eigenvalue weighted by Gasteiger charge is -2.23. The molecule has 1 aromatic heterocycles. The predicted molar refractivity (Wildman–Crippen MR) is 118 cm³/mol. The molecule has 0 radical (unpaired) electrons. The highest BCUT2D eigenvalue weighted by Gasteiger charge is 2.51. The fourth-order valence-corrected chi connectivity index (χ4v) is 4.26. The fraction of sp³-hybridized carbons (Fsp3) is 0.250. The Morgan fingerprint density at radius 3 is 2.57 bits per heavy atom. The van der Waals surface area contributed by atoms with E-state index >= 15 is 0 Å². The van der Waals surface area contributed by atoms with Crippen molar-refractivity contribution in [3.8, 4) is 0 Å². The number of halogens is 1. The minimum Gasteiger partial charge on any atom is -0.458 e. The van der Waals surface area contributed by atoms with E-state index in [9.17, 15) is 14.7 Å². The van der Waals surface area contributed by atoms with Crippen LogP contribution in [0.15, 0.2) is 57.4 Å². The molecule has 1 aliphatic heterocycles. The number of benzene rings is 2. The summed E-state index contributed by atoms with van der Waals surface area (Å²) < 4.78 is 6.13. The number of hydrogen-bond acceptors (Lipinski definition) is 4. The highest BCUT2D eigenvalue weighted by Crippen LogP contribution is 2.45. The first kappa shape index (κ1) is 20.6. The van der Waals surface area contributed by atoms with Gasteiger partial charge in [0.1, 0.15) is 5.76 Å². The number of hydrogen-bond donors (Lipinski definition) is 1. The molecular formula is C24H22BrNO4. The lowest BCUT2D eigenvalue weighted by atomic mass is 9.89. The number of ketones is 1. The average Bonchev–Trinajstić information content (AvgIpc) is 3.21. The van der Waals surface area contributed by atoms with Crippen LogP contribution in [0.2, 0.25) is 0 Å². The third kappa shape index (κ3) is 3.50. The van der Waals surface area contributed by atoms with E-state index in [0.29, 0.717) is 23.6 Å². The summed E-state index contributed by atoms with van der Waals surface area (Å²) in [6, 6.07) is 14.7. The Morgan fingerprint density at radius 2 is 1.87 bits per heavy atom. The first-order chi connectivity index (χ1) is 14.2. The molecule has 0 spiro atoms. The van der Waals surface area contributed by atoms with Gasteiger partial charge in [0.05, 0.1) is 18.7 Å². The molecular weight excluding hydrogens is 446 g/mol. The Kier molecular flexibility index (Phi) is 5.16. The second-order valence-corrected chi connectivity index (χ2v) is 8.77. The summed E-state index contributed by atoms with van der Waals surface area (Å²) in [5.41, 5.74) is 2.23. The summed E-state index contributed by atoms with van der Waals surface area (Å²) in [5.74, 6) is -0.187. The van der Waals surface area contributed by atoms with Gasteiger partial charge in [0.15, 0.2) is 11.4 Å². The monoisotopic (exact) mass is 467 g/mol. The molecule has 1 aliphatic rings. The summed E-state index contributed by atoms with van der Waals surface area (Å²) in [6.07, 6.45) is -0.383. The maximum absolute atomic E-state index is 13.4. The first-order valence-corrected chi connectivity index (χ1v) is 10.5. The van der Waals surface area contributed by atoms with Gasteiger partial charge < -0.3 is 14.4 Å². The third-order valence-electron chi connectivity index (χ3n) is 5.56. The van der Waals surface area contributed by atoms with Crippen LogP contribution in [0.1, 0.15) is 45.0 Å². The van der Waals surface area contributed by atoms with Gasteiger partial charge in [-0.05, 0) is 62.2 Å². The second-order valence-electron chi connectivity index (χ2n) is 7.85. The number of aryl methyl sites for hydroxylation is 3. The van der Waals surface area contributed by atoms with Crippen molar-refractivity contribution >= 4 is 33.3 Å². The molecule has 0 fully saturated rings. The Morgan fingerprint density at radius 1 is 1.10 bits per heavy atom. The van der Waals surface area contributed by atoms with E-state index in [1.807, 2.05) is 38.1 Å². The molecule has 1 atom stereocenters. The fourth-order valence-electron chi connectivity index (χ4n) is 3.90. The van der Waals surface area contributed by atoms with Crippen molar-refractivity contribution in [3.63, 3.8) is 0 Å². The summed E-state index contributed by atoms with van der Waals surface area (Å²) in [7, 11) is 0. The van der Waals surface area contributed by atoms with Gasteiger partial charge in [0.2, 0.25) is 5.78 Å². The van der Waals surface area contributed by atoms with Crippen LogP contribution in [-0.2, 0) is 16.9 Å². The Balaban J connectivity index is 1.74. The molecule has 1 amide bonds. The van der Waals surface area contributed by atoms with E-state index in [1.165, 1.54) is 0 Å². The highest BCUT2D eigenvalue weighted by atomic mass is 79.9. The molecule has 3 aromatic rings. The van der Waals surface area contributed by atoms with Crippen molar-refractivity contribution in [3.05, 3.63) is 86.8 Å². The van der Waals surface area contributed by atoms with E-state index in [4.69, 9.17) is 4.42 Å². The molecule has 4 rings (SSSR count). The molecule has 0 saturated heterocycles. The Labute approximate surface area is 183 Å². The highest BCUT2D eigenvalue weighted by molar-refractivity contribution is 9.10. The molecule has 0 saturated carbocycles. The summed E-state index contributed by atoms with van der Waals surface area (Å²) in [4.78, 5) is 27.8. The van der Waals surface area contributed by atoms with Crippen LogP contribution in [-0.4, -0.2) is 16.8 Å².